The van der Waals surface area contributed by atoms with E-state index in [2.05, 4.69) is 0 Å². The summed E-state index contributed by atoms with van der Waals surface area (Å²) < 4.78 is 9.46. The maximum absolute atomic E-state index is 11.3. The van der Waals surface area contributed by atoms with E-state index in [4.69, 9.17) is 9.47 Å². The normalized spacial score (nSPS) is 25.1. The third kappa shape index (κ3) is 3.15. The second-order valence-corrected chi connectivity index (χ2v) is 3.54. The summed E-state index contributed by atoms with van der Waals surface area (Å²) in [7, 11) is 0. The van der Waals surface area contributed by atoms with E-state index in [1.807, 2.05) is 0 Å². The van der Waals surface area contributed by atoms with E-state index in [0.717, 1.165) is 0 Å². The minimum Gasteiger partial charge on any atom is -0.454 e. The van der Waals surface area contributed by atoms with Crippen LogP contribution in [-0.2, 0) is 28.7 Å². The lowest BCUT2D eigenvalue weighted by molar-refractivity contribution is -0.166. The van der Waals surface area contributed by atoms with Crippen molar-refractivity contribution < 1.29 is 28.7 Å². The van der Waals surface area contributed by atoms with Crippen LogP contribution in [0.1, 0.15) is 26.7 Å². The van der Waals surface area contributed by atoms with E-state index in [1.165, 1.54) is 13.8 Å². The molecule has 0 aromatic rings. The third-order valence-electron chi connectivity index (χ3n) is 2.11. The maximum Gasteiger partial charge on any atom is 0.303 e. The fourth-order valence-electron chi connectivity index (χ4n) is 1.49. The standard InChI is InChI=1S/C10H12O6/c1-5(11)15-9-4-10(16-6(2)12)8(14)3-7(9)13/h9-10H,3-4H2,1-2H3. The lowest BCUT2D eigenvalue weighted by Gasteiger charge is -2.25. The van der Waals surface area contributed by atoms with Crippen molar-refractivity contribution in [1.29, 1.82) is 0 Å². The maximum atomic E-state index is 11.3. The Labute approximate surface area is 91.9 Å². The second kappa shape index (κ2) is 4.87. The molecule has 6 nitrogen and oxygen atoms in total. The number of carbonyl (C=O) groups excluding carboxylic acids is 4. The van der Waals surface area contributed by atoms with E-state index in [1.54, 1.807) is 0 Å². The van der Waals surface area contributed by atoms with Crippen LogP contribution in [0.2, 0.25) is 0 Å². The van der Waals surface area contributed by atoms with Gasteiger partial charge in [-0.2, -0.15) is 0 Å². The fraction of sp³-hybridized carbons (Fsp3) is 0.600. The SMILES string of the molecule is CC(=O)OC1CC(OC(C)=O)C(=O)CC1=O. The zero-order valence-corrected chi connectivity index (χ0v) is 9.02. The summed E-state index contributed by atoms with van der Waals surface area (Å²) in [4.78, 5) is 44.1. The molecule has 2 atom stereocenters. The van der Waals surface area contributed by atoms with Crippen LogP contribution < -0.4 is 0 Å². The highest BCUT2D eigenvalue weighted by Gasteiger charge is 2.38. The molecule has 6 heteroatoms. The number of ketones is 2. The van der Waals surface area contributed by atoms with Crippen LogP contribution in [0, 0.1) is 0 Å². The first kappa shape index (κ1) is 12.4. The van der Waals surface area contributed by atoms with Crippen LogP contribution >= 0.6 is 0 Å². The first-order valence-electron chi connectivity index (χ1n) is 4.80. The molecule has 0 saturated heterocycles. The van der Waals surface area contributed by atoms with E-state index in [0.29, 0.717) is 0 Å². The van der Waals surface area contributed by atoms with Crippen molar-refractivity contribution >= 4 is 23.5 Å². The second-order valence-electron chi connectivity index (χ2n) is 3.54. The van der Waals surface area contributed by atoms with Gasteiger partial charge in [-0.1, -0.05) is 0 Å². The molecule has 0 spiro atoms. The zero-order chi connectivity index (χ0) is 12.3. The fourth-order valence-corrected chi connectivity index (χ4v) is 1.49. The van der Waals surface area contributed by atoms with Gasteiger partial charge in [-0.25, -0.2) is 0 Å². The average Bonchev–Trinajstić information content (AvgIpc) is 2.11. The molecular formula is C10H12O6. The molecule has 0 aliphatic heterocycles. The Bertz CT molecular complexity index is 313. The number of ether oxygens (including phenoxy) is 2. The molecule has 0 N–H and O–H groups in total. The highest BCUT2D eigenvalue weighted by molar-refractivity contribution is 6.06. The number of esters is 2. The average molecular weight is 228 g/mol. The zero-order valence-electron chi connectivity index (χ0n) is 9.02. The third-order valence-corrected chi connectivity index (χ3v) is 2.11. The summed E-state index contributed by atoms with van der Waals surface area (Å²) >= 11 is 0. The highest BCUT2D eigenvalue weighted by Crippen LogP contribution is 2.18. The topological polar surface area (TPSA) is 86.7 Å². The van der Waals surface area contributed by atoms with Gasteiger partial charge in [0.2, 0.25) is 0 Å². The Kier molecular flexibility index (Phi) is 3.76. The molecule has 1 fully saturated rings. The Morgan fingerprint density at radius 3 is 1.69 bits per heavy atom. The van der Waals surface area contributed by atoms with Crippen LogP contribution in [0.4, 0.5) is 0 Å². The van der Waals surface area contributed by atoms with Gasteiger partial charge in [0.25, 0.3) is 0 Å². The van der Waals surface area contributed by atoms with Gasteiger partial charge in [-0.05, 0) is 0 Å². The van der Waals surface area contributed by atoms with E-state index in [9.17, 15) is 19.2 Å². The van der Waals surface area contributed by atoms with Gasteiger partial charge in [0, 0.05) is 20.3 Å². The summed E-state index contributed by atoms with van der Waals surface area (Å²) in [6, 6.07) is 0. The molecular weight excluding hydrogens is 216 g/mol. The molecule has 0 radical (unpaired) electrons. The van der Waals surface area contributed by atoms with Crippen molar-refractivity contribution in [3.05, 3.63) is 0 Å². The molecule has 16 heavy (non-hydrogen) atoms. The lowest BCUT2D eigenvalue weighted by atomic mass is 9.92. The van der Waals surface area contributed by atoms with Crippen LogP contribution in [0.5, 0.6) is 0 Å². The molecule has 2 unspecified atom stereocenters. The molecule has 0 bridgehead atoms. The highest BCUT2D eigenvalue weighted by atomic mass is 16.6. The number of hydrogen-bond acceptors (Lipinski definition) is 6. The van der Waals surface area contributed by atoms with Gasteiger partial charge >= 0.3 is 11.9 Å². The van der Waals surface area contributed by atoms with Crippen LogP contribution in [0.15, 0.2) is 0 Å². The summed E-state index contributed by atoms with van der Waals surface area (Å²) in [5.74, 6) is -2.12. The molecule has 0 aromatic heterocycles. The van der Waals surface area contributed by atoms with E-state index < -0.39 is 35.7 Å². The largest absolute Gasteiger partial charge is 0.454 e. The summed E-state index contributed by atoms with van der Waals surface area (Å²) in [5.41, 5.74) is 0. The molecule has 1 aliphatic rings. The summed E-state index contributed by atoms with van der Waals surface area (Å²) in [5, 5.41) is 0. The Balaban J connectivity index is 2.68. The predicted molar refractivity (Wildman–Crippen MR) is 50.4 cm³/mol. The first-order chi connectivity index (χ1) is 7.40. The van der Waals surface area contributed by atoms with Gasteiger partial charge in [0.1, 0.15) is 0 Å². The van der Waals surface area contributed by atoms with Crippen LogP contribution in [0.3, 0.4) is 0 Å². The van der Waals surface area contributed by atoms with Crippen molar-refractivity contribution in [2.24, 2.45) is 0 Å². The number of Topliss-reactive ketones (excluding diaryl/α,β-unsaturated/α-hetero) is 2. The molecule has 0 heterocycles. The number of rotatable bonds is 2. The van der Waals surface area contributed by atoms with Crippen molar-refractivity contribution in [3.8, 4) is 0 Å². The Morgan fingerprint density at radius 1 is 1.00 bits per heavy atom. The van der Waals surface area contributed by atoms with Crippen molar-refractivity contribution in [2.75, 3.05) is 0 Å². The van der Waals surface area contributed by atoms with Gasteiger partial charge in [-0.15, -0.1) is 0 Å². The first-order valence-corrected chi connectivity index (χ1v) is 4.80. The summed E-state index contributed by atoms with van der Waals surface area (Å²) in [6.07, 6.45) is -2.42. The van der Waals surface area contributed by atoms with Gasteiger partial charge < -0.3 is 9.47 Å². The molecule has 1 aliphatic carbocycles. The Morgan fingerprint density at radius 2 is 1.38 bits per heavy atom. The number of carbonyl (C=O) groups is 4. The van der Waals surface area contributed by atoms with E-state index >= 15 is 0 Å². The monoisotopic (exact) mass is 228 g/mol. The number of hydrogen-bond donors (Lipinski definition) is 0. The van der Waals surface area contributed by atoms with Crippen LogP contribution in [0.25, 0.3) is 0 Å². The van der Waals surface area contributed by atoms with Gasteiger partial charge in [-0.3, -0.25) is 19.2 Å². The minimum atomic E-state index is -0.987. The molecule has 0 aromatic carbocycles. The van der Waals surface area contributed by atoms with Crippen molar-refractivity contribution in [3.63, 3.8) is 0 Å². The minimum absolute atomic E-state index is 0.0865. The smallest absolute Gasteiger partial charge is 0.303 e. The molecule has 1 rings (SSSR count). The van der Waals surface area contributed by atoms with Crippen LogP contribution in [-0.4, -0.2) is 35.7 Å². The summed E-state index contributed by atoms with van der Waals surface area (Å²) in [6.45, 7) is 2.34. The molecule has 0 amide bonds. The van der Waals surface area contributed by atoms with Gasteiger partial charge in [0.05, 0.1) is 6.42 Å². The van der Waals surface area contributed by atoms with E-state index in [-0.39, 0.29) is 12.8 Å². The van der Waals surface area contributed by atoms with Crippen molar-refractivity contribution in [1.82, 2.24) is 0 Å². The molecule has 1 saturated carbocycles. The van der Waals surface area contributed by atoms with Crippen molar-refractivity contribution in [2.45, 2.75) is 38.9 Å². The quantitative estimate of drug-likeness (QED) is 0.479. The molecule has 88 valence electrons. The Hall–Kier alpha value is -1.72. The lowest BCUT2D eigenvalue weighted by Crippen LogP contribution is -2.43. The van der Waals surface area contributed by atoms with Gasteiger partial charge in [0.15, 0.2) is 23.8 Å². The predicted octanol–water partition coefficient (Wildman–Crippen LogP) is -0.218.